The second-order valence-electron chi connectivity index (χ2n) is 0.911. The zero-order chi connectivity index (χ0) is 6.08. The number of alkyl halides is 3. The molecule has 3 N–H and O–H groups in total. The van der Waals surface area contributed by atoms with Crippen molar-refractivity contribution in [2.45, 2.75) is 3.79 Å². The fraction of sp³-hybridized carbons (Fsp3) is 0.500. The minimum atomic E-state index is -1.72. The summed E-state index contributed by atoms with van der Waals surface area (Å²) in [6.07, 6.45) is 0. The second-order valence-corrected chi connectivity index (χ2v) is 3.19. The molecular formula is C2H3Cl4N2-. The Labute approximate surface area is 68.2 Å². The van der Waals surface area contributed by atoms with Gasteiger partial charge in [-0.25, -0.2) is 0 Å². The Morgan fingerprint density at radius 3 is 1.50 bits per heavy atom. The fourth-order valence-electron chi connectivity index (χ4n) is 0. The molecular weight excluding hydrogens is 194 g/mol. The smallest absolute Gasteiger partial charge is 0.246 e. The molecule has 0 fully saturated rings. The molecule has 0 aromatic heterocycles. The topological polar surface area (TPSA) is 49.9 Å². The van der Waals surface area contributed by atoms with Gasteiger partial charge in [-0.3, -0.25) is 5.41 Å². The van der Waals surface area contributed by atoms with Gasteiger partial charge in [-0.15, -0.1) is 0 Å². The van der Waals surface area contributed by atoms with E-state index in [-0.39, 0.29) is 12.4 Å². The van der Waals surface area contributed by atoms with Gasteiger partial charge in [-0.05, 0) is 0 Å². The molecule has 0 aromatic carbocycles. The average Bonchev–Trinajstić information content (AvgIpc) is 1.31. The van der Waals surface area contributed by atoms with Crippen LogP contribution in [-0.4, -0.2) is 9.63 Å². The maximum atomic E-state index is 6.53. The highest BCUT2D eigenvalue weighted by Gasteiger charge is 2.22. The van der Waals surface area contributed by atoms with Gasteiger partial charge >= 0.3 is 0 Å². The molecule has 0 rings (SSSR count). The molecule has 0 aromatic rings. The Balaban J connectivity index is 0. The van der Waals surface area contributed by atoms with Crippen LogP contribution in [0.2, 0.25) is 0 Å². The molecule has 0 saturated heterocycles. The molecule has 8 heavy (non-hydrogen) atoms. The van der Waals surface area contributed by atoms with Crippen molar-refractivity contribution in [3.05, 3.63) is 0 Å². The zero-order valence-electron chi connectivity index (χ0n) is 3.59. The number of nitrogens with one attached hydrogen (secondary N) is 1. The van der Waals surface area contributed by atoms with Gasteiger partial charge in [0, 0.05) is 0 Å². The molecule has 0 aliphatic heterocycles. The summed E-state index contributed by atoms with van der Waals surface area (Å²) in [6, 6.07) is 0. The van der Waals surface area contributed by atoms with Gasteiger partial charge in [0.1, 0.15) is 5.84 Å². The van der Waals surface area contributed by atoms with Gasteiger partial charge in [-0.2, -0.15) is 0 Å². The summed E-state index contributed by atoms with van der Waals surface area (Å²) in [6.45, 7) is 0. The van der Waals surface area contributed by atoms with Crippen LogP contribution in [0.4, 0.5) is 0 Å². The number of rotatable bonds is 0. The number of halogens is 4. The van der Waals surface area contributed by atoms with Crippen LogP contribution in [0.5, 0.6) is 0 Å². The Bertz CT molecular complexity index is 84.5. The van der Waals surface area contributed by atoms with Crippen molar-refractivity contribution in [2.75, 3.05) is 0 Å². The molecule has 0 aliphatic carbocycles. The largest absolute Gasteiger partial charge is 1.00 e. The first-order valence-electron chi connectivity index (χ1n) is 1.36. The summed E-state index contributed by atoms with van der Waals surface area (Å²) in [4.78, 5) is 0. The molecule has 0 bridgehead atoms. The van der Waals surface area contributed by atoms with Gasteiger partial charge in [-0.1, -0.05) is 34.8 Å². The van der Waals surface area contributed by atoms with Crippen LogP contribution >= 0.6 is 34.8 Å². The highest BCUT2D eigenvalue weighted by atomic mass is 35.6. The predicted molar refractivity (Wildman–Crippen MR) is 32.2 cm³/mol. The molecule has 0 unspecified atom stereocenters. The van der Waals surface area contributed by atoms with Crippen LogP contribution in [0.3, 0.4) is 0 Å². The Morgan fingerprint density at radius 2 is 1.50 bits per heavy atom. The monoisotopic (exact) mass is 195 g/mol. The maximum Gasteiger partial charge on any atom is 0.246 e. The summed E-state index contributed by atoms with van der Waals surface area (Å²) in [5.74, 6) is -0.461. The molecule has 0 amide bonds. The molecule has 0 heterocycles. The van der Waals surface area contributed by atoms with Crippen LogP contribution in [0.1, 0.15) is 0 Å². The minimum Gasteiger partial charge on any atom is -1.00 e. The lowest BCUT2D eigenvalue weighted by Gasteiger charge is -2.04. The molecule has 0 aliphatic rings. The van der Waals surface area contributed by atoms with Crippen molar-refractivity contribution >= 4 is 40.6 Å². The lowest BCUT2D eigenvalue weighted by atomic mass is 10.7. The molecule has 0 atom stereocenters. The average molecular weight is 197 g/mol. The van der Waals surface area contributed by atoms with Gasteiger partial charge in [0.2, 0.25) is 3.79 Å². The van der Waals surface area contributed by atoms with E-state index in [9.17, 15) is 0 Å². The highest BCUT2D eigenvalue weighted by Crippen LogP contribution is 2.24. The lowest BCUT2D eigenvalue weighted by Crippen LogP contribution is -3.00. The number of nitrogens with two attached hydrogens (primary N) is 1. The molecule has 0 radical (unpaired) electrons. The normalized spacial score (nSPS) is 9.88. The number of hydrogen-bond donors (Lipinski definition) is 2. The molecule has 0 spiro atoms. The summed E-state index contributed by atoms with van der Waals surface area (Å²) < 4.78 is -1.72. The summed E-state index contributed by atoms with van der Waals surface area (Å²) in [5, 5.41) is 6.53. The molecule has 0 saturated carbocycles. The van der Waals surface area contributed by atoms with E-state index in [2.05, 4.69) is 0 Å². The van der Waals surface area contributed by atoms with Gasteiger partial charge in [0.15, 0.2) is 0 Å². The van der Waals surface area contributed by atoms with Crippen molar-refractivity contribution < 1.29 is 12.4 Å². The summed E-state index contributed by atoms with van der Waals surface area (Å²) in [7, 11) is 0. The third-order valence-electron chi connectivity index (χ3n) is 0.305. The van der Waals surface area contributed by atoms with E-state index in [1.807, 2.05) is 0 Å². The van der Waals surface area contributed by atoms with E-state index in [0.717, 1.165) is 0 Å². The Kier molecular flexibility index (Phi) is 5.17. The zero-order valence-corrected chi connectivity index (χ0v) is 6.61. The van der Waals surface area contributed by atoms with Gasteiger partial charge < -0.3 is 18.1 Å². The fourth-order valence-corrected chi connectivity index (χ4v) is 0. The Morgan fingerprint density at radius 1 is 1.38 bits per heavy atom. The first-order valence-corrected chi connectivity index (χ1v) is 2.49. The molecule has 50 valence electrons. The standard InChI is InChI=1S/C2H3Cl3N2.ClH/c3-2(4,5)1(6)7;/h(H3,6,7);1H/p-1. The molecule has 6 heteroatoms. The van der Waals surface area contributed by atoms with Crippen molar-refractivity contribution in [3.63, 3.8) is 0 Å². The number of amidine groups is 1. The Hall–Kier alpha value is 0.630. The van der Waals surface area contributed by atoms with E-state index < -0.39 is 9.63 Å². The van der Waals surface area contributed by atoms with Crippen LogP contribution in [-0.2, 0) is 0 Å². The quantitative estimate of drug-likeness (QED) is 0.271. The predicted octanol–water partition coefficient (Wildman–Crippen LogP) is -1.70. The van der Waals surface area contributed by atoms with Gasteiger partial charge in [0.05, 0.1) is 0 Å². The van der Waals surface area contributed by atoms with E-state index in [1.165, 1.54) is 0 Å². The molecule has 2 nitrogen and oxygen atoms in total. The van der Waals surface area contributed by atoms with E-state index >= 15 is 0 Å². The highest BCUT2D eigenvalue weighted by molar-refractivity contribution is 6.76. The summed E-state index contributed by atoms with van der Waals surface area (Å²) in [5.41, 5.74) is 4.76. The van der Waals surface area contributed by atoms with E-state index in [4.69, 9.17) is 45.9 Å². The van der Waals surface area contributed by atoms with E-state index in [1.54, 1.807) is 0 Å². The van der Waals surface area contributed by atoms with E-state index in [0.29, 0.717) is 0 Å². The lowest BCUT2D eigenvalue weighted by molar-refractivity contribution is -0.00000163. The third-order valence-corrected chi connectivity index (χ3v) is 0.916. The van der Waals surface area contributed by atoms with Crippen molar-refractivity contribution in [1.29, 1.82) is 5.41 Å². The third kappa shape index (κ3) is 4.78. The maximum absolute atomic E-state index is 6.53. The summed E-state index contributed by atoms with van der Waals surface area (Å²) >= 11 is 15.1. The van der Waals surface area contributed by atoms with Crippen molar-refractivity contribution in [1.82, 2.24) is 0 Å². The SMILES string of the molecule is N=C(N)C(Cl)(Cl)Cl.[Cl-]. The minimum absolute atomic E-state index is 0. The second kappa shape index (κ2) is 3.62. The van der Waals surface area contributed by atoms with Crippen molar-refractivity contribution in [3.8, 4) is 0 Å². The van der Waals surface area contributed by atoms with Crippen LogP contribution < -0.4 is 18.1 Å². The first kappa shape index (κ1) is 11.4. The van der Waals surface area contributed by atoms with Crippen LogP contribution in [0.25, 0.3) is 0 Å². The van der Waals surface area contributed by atoms with Crippen LogP contribution in [0, 0.1) is 5.41 Å². The van der Waals surface area contributed by atoms with Gasteiger partial charge in [0.25, 0.3) is 0 Å². The first-order chi connectivity index (χ1) is 2.94. The van der Waals surface area contributed by atoms with Crippen LogP contribution in [0.15, 0.2) is 0 Å². The number of hydrogen-bond acceptors (Lipinski definition) is 1. The van der Waals surface area contributed by atoms with Crippen molar-refractivity contribution in [2.24, 2.45) is 5.73 Å².